The van der Waals surface area contributed by atoms with Crippen LogP contribution in [0, 0.1) is 6.92 Å². The van der Waals surface area contributed by atoms with Crippen LogP contribution in [0.3, 0.4) is 0 Å². The summed E-state index contributed by atoms with van der Waals surface area (Å²) < 4.78 is 52.2. The highest BCUT2D eigenvalue weighted by molar-refractivity contribution is 7.92. The second-order valence-electron chi connectivity index (χ2n) is 12.1. The SMILES string of the molecule is CC[C@@H](C)NC(=O)[C@H](Cc1ccccc1)N(Cc1ccc(C)cc1)C(=O)CN(c1cc(OC)ccc1OC)S(=O)(=O)c1ccc(OC)c(OC)c1. The molecular formula is C39H47N3O8S. The van der Waals surface area contributed by atoms with Gasteiger partial charge in [-0.2, -0.15) is 0 Å². The summed E-state index contributed by atoms with van der Waals surface area (Å²) in [4.78, 5) is 30.3. The van der Waals surface area contributed by atoms with E-state index < -0.39 is 28.5 Å². The van der Waals surface area contributed by atoms with Gasteiger partial charge >= 0.3 is 0 Å². The average Bonchev–Trinajstić information content (AvgIpc) is 3.15. The molecule has 12 heteroatoms. The van der Waals surface area contributed by atoms with E-state index in [1.165, 1.54) is 57.6 Å². The molecule has 4 aromatic rings. The first-order valence-corrected chi connectivity index (χ1v) is 18.1. The van der Waals surface area contributed by atoms with Gasteiger partial charge < -0.3 is 29.2 Å². The monoisotopic (exact) mass is 717 g/mol. The van der Waals surface area contributed by atoms with Crippen molar-refractivity contribution in [2.45, 2.75) is 57.1 Å². The Labute approximate surface area is 301 Å². The zero-order valence-electron chi connectivity index (χ0n) is 30.2. The van der Waals surface area contributed by atoms with Crippen molar-refractivity contribution in [3.8, 4) is 23.0 Å². The van der Waals surface area contributed by atoms with Crippen LogP contribution in [0.15, 0.2) is 95.9 Å². The van der Waals surface area contributed by atoms with Crippen molar-refractivity contribution in [3.05, 3.63) is 108 Å². The number of benzene rings is 4. The number of hydrogen-bond donors (Lipinski definition) is 1. The van der Waals surface area contributed by atoms with Crippen LogP contribution in [0.5, 0.6) is 23.0 Å². The molecule has 272 valence electrons. The Kier molecular flexibility index (Phi) is 13.3. The van der Waals surface area contributed by atoms with Gasteiger partial charge in [-0.05, 0) is 55.7 Å². The maximum Gasteiger partial charge on any atom is 0.265 e. The van der Waals surface area contributed by atoms with Gasteiger partial charge in [-0.25, -0.2) is 8.42 Å². The van der Waals surface area contributed by atoms with Crippen molar-refractivity contribution in [2.24, 2.45) is 0 Å². The molecule has 1 N–H and O–H groups in total. The number of carbonyl (C=O) groups excluding carboxylic acids is 2. The third-order valence-electron chi connectivity index (χ3n) is 8.62. The summed E-state index contributed by atoms with van der Waals surface area (Å²) >= 11 is 0. The van der Waals surface area contributed by atoms with Crippen molar-refractivity contribution in [2.75, 3.05) is 39.3 Å². The molecule has 0 spiro atoms. The molecule has 0 heterocycles. The first-order chi connectivity index (χ1) is 24.4. The largest absolute Gasteiger partial charge is 0.497 e. The minimum Gasteiger partial charge on any atom is -0.497 e. The molecule has 0 fully saturated rings. The minimum atomic E-state index is -4.49. The fourth-order valence-electron chi connectivity index (χ4n) is 5.49. The molecule has 0 saturated heterocycles. The molecule has 0 aliphatic heterocycles. The van der Waals surface area contributed by atoms with E-state index in [-0.39, 0.29) is 47.0 Å². The van der Waals surface area contributed by atoms with Gasteiger partial charge in [0.25, 0.3) is 10.0 Å². The smallest absolute Gasteiger partial charge is 0.265 e. The van der Waals surface area contributed by atoms with E-state index >= 15 is 0 Å². The number of hydrogen-bond acceptors (Lipinski definition) is 8. The van der Waals surface area contributed by atoms with Gasteiger partial charge in [0.2, 0.25) is 11.8 Å². The van der Waals surface area contributed by atoms with Gasteiger partial charge in [0.1, 0.15) is 24.1 Å². The van der Waals surface area contributed by atoms with Gasteiger partial charge in [0, 0.05) is 31.1 Å². The molecule has 0 aliphatic rings. The number of ether oxygens (including phenoxy) is 4. The van der Waals surface area contributed by atoms with Gasteiger partial charge in [-0.3, -0.25) is 13.9 Å². The minimum absolute atomic E-state index is 0.0457. The van der Waals surface area contributed by atoms with Gasteiger partial charge in [-0.1, -0.05) is 67.1 Å². The van der Waals surface area contributed by atoms with Crippen LogP contribution in [0.4, 0.5) is 5.69 Å². The number of carbonyl (C=O) groups is 2. The predicted octanol–water partition coefficient (Wildman–Crippen LogP) is 5.78. The van der Waals surface area contributed by atoms with Crippen molar-refractivity contribution < 1.29 is 37.0 Å². The molecule has 0 aromatic heterocycles. The third-order valence-corrected chi connectivity index (χ3v) is 10.4. The lowest BCUT2D eigenvalue weighted by molar-refractivity contribution is -0.140. The normalized spacial score (nSPS) is 12.3. The van der Waals surface area contributed by atoms with Crippen molar-refractivity contribution >= 4 is 27.5 Å². The lowest BCUT2D eigenvalue weighted by Gasteiger charge is -2.34. The predicted molar refractivity (Wildman–Crippen MR) is 197 cm³/mol. The maximum absolute atomic E-state index is 14.9. The van der Waals surface area contributed by atoms with Crippen LogP contribution >= 0.6 is 0 Å². The summed E-state index contributed by atoms with van der Waals surface area (Å²) in [7, 11) is 1.23. The number of aryl methyl sites for hydroxylation is 1. The molecule has 0 radical (unpaired) electrons. The molecule has 0 bridgehead atoms. The van der Waals surface area contributed by atoms with E-state index in [1.807, 2.05) is 75.4 Å². The molecule has 4 rings (SSSR count). The molecule has 51 heavy (non-hydrogen) atoms. The number of methoxy groups -OCH3 is 4. The van der Waals surface area contributed by atoms with E-state index in [1.54, 1.807) is 12.1 Å². The Hall–Kier alpha value is -5.23. The number of nitrogens with one attached hydrogen (secondary N) is 1. The summed E-state index contributed by atoms with van der Waals surface area (Å²) in [5.74, 6) is 0.100. The van der Waals surface area contributed by atoms with E-state index in [0.29, 0.717) is 17.9 Å². The number of amides is 2. The molecule has 2 amide bonds. The molecule has 4 aromatic carbocycles. The standard InChI is InChI=1S/C39H47N3O8S/c1-8-28(3)40-39(44)34(22-29-12-10-9-11-13-29)41(25-30-16-14-27(2)15-17-30)38(43)26-42(33-23-31(47-4)18-20-35(33)48-5)51(45,46)32-19-21-36(49-6)37(24-32)50-7/h9-21,23-24,28,34H,8,22,25-26H2,1-7H3,(H,40,44)/t28-,34+/m1/s1. The average molecular weight is 718 g/mol. The van der Waals surface area contributed by atoms with E-state index in [9.17, 15) is 18.0 Å². The Bertz CT molecular complexity index is 1880. The second-order valence-corrected chi connectivity index (χ2v) is 14.0. The molecule has 2 atom stereocenters. The van der Waals surface area contributed by atoms with Gasteiger partial charge in [-0.15, -0.1) is 0 Å². The van der Waals surface area contributed by atoms with Crippen molar-refractivity contribution in [1.82, 2.24) is 10.2 Å². The van der Waals surface area contributed by atoms with Gasteiger partial charge in [0.15, 0.2) is 11.5 Å². The summed E-state index contributed by atoms with van der Waals surface area (Å²) in [5, 5.41) is 3.05. The fourth-order valence-corrected chi connectivity index (χ4v) is 6.93. The highest BCUT2D eigenvalue weighted by atomic mass is 32.2. The first-order valence-electron chi connectivity index (χ1n) is 16.6. The van der Waals surface area contributed by atoms with Gasteiger partial charge in [0.05, 0.1) is 39.0 Å². The number of nitrogens with zero attached hydrogens (tertiary/aromatic N) is 2. The van der Waals surface area contributed by atoms with Crippen LogP contribution in [-0.4, -0.2) is 72.2 Å². The number of sulfonamides is 1. The zero-order valence-corrected chi connectivity index (χ0v) is 31.0. The lowest BCUT2D eigenvalue weighted by atomic mass is 10.0. The summed E-state index contributed by atoms with van der Waals surface area (Å²) in [6.07, 6.45) is 0.883. The third kappa shape index (κ3) is 9.52. The summed E-state index contributed by atoms with van der Waals surface area (Å²) in [5.41, 5.74) is 2.72. The fraction of sp³-hybridized carbons (Fsp3) is 0.333. The number of anilines is 1. The van der Waals surface area contributed by atoms with Crippen LogP contribution < -0.4 is 28.6 Å². The molecule has 11 nitrogen and oxygen atoms in total. The summed E-state index contributed by atoms with van der Waals surface area (Å²) in [6, 6.07) is 24.8. The topological polar surface area (TPSA) is 124 Å². The molecule has 0 aliphatic carbocycles. The van der Waals surface area contributed by atoms with Crippen LogP contribution in [0.1, 0.15) is 37.0 Å². The number of rotatable bonds is 17. The van der Waals surface area contributed by atoms with Crippen LogP contribution in [-0.2, 0) is 32.6 Å². The lowest BCUT2D eigenvalue weighted by Crippen LogP contribution is -2.54. The Morgan fingerprint density at radius 2 is 1.41 bits per heavy atom. The molecule has 0 saturated carbocycles. The first kappa shape index (κ1) is 38.6. The molecule has 0 unspecified atom stereocenters. The van der Waals surface area contributed by atoms with Crippen molar-refractivity contribution in [1.29, 1.82) is 0 Å². The quantitative estimate of drug-likeness (QED) is 0.146. The summed E-state index contributed by atoms with van der Waals surface area (Å²) in [6.45, 7) is 5.20. The van der Waals surface area contributed by atoms with E-state index in [2.05, 4.69) is 5.32 Å². The Morgan fingerprint density at radius 1 is 0.765 bits per heavy atom. The Morgan fingerprint density at radius 3 is 2.02 bits per heavy atom. The highest BCUT2D eigenvalue weighted by Crippen LogP contribution is 2.38. The zero-order chi connectivity index (χ0) is 37.1. The maximum atomic E-state index is 14.9. The Balaban J connectivity index is 1.90. The van der Waals surface area contributed by atoms with Crippen LogP contribution in [0.2, 0.25) is 0 Å². The van der Waals surface area contributed by atoms with E-state index in [4.69, 9.17) is 18.9 Å². The van der Waals surface area contributed by atoms with Crippen molar-refractivity contribution in [3.63, 3.8) is 0 Å². The second kappa shape index (κ2) is 17.6. The van der Waals surface area contributed by atoms with Crippen LogP contribution in [0.25, 0.3) is 0 Å². The highest BCUT2D eigenvalue weighted by Gasteiger charge is 2.36. The van der Waals surface area contributed by atoms with E-state index in [0.717, 1.165) is 21.0 Å². The molecular weight excluding hydrogens is 671 g/mol.